The van der Waals surface area contributed by atoms with E-state index in [-0.39, 0.29) is 24.8 Å². The Kier molecular flexibility index (Phi) is 4.61. The SMILES string of the molecule is Cc1cc(C2=C[I-]C3(CCCC3)Oc3ccccc32)cnc1C(C)C. The molecule has 2 nitrogen and oxygen atoms in total. The van der Waals surface area contributed by atoms with E-state index in [1.165, 1.54) is 53.6 Å². The molecule has 0 amide bonds. The molecule has 1 aliphatic carbocycles. The molecule has 2 aromatic rings. The van der Waals surface area contributed by atoms with Crippen LogP contribution in [-0.2, 0) is 0 Å². The van der Waals surface area contributed by atoms with Crippen LogP contribution in [0, 0.1) is 6.92 Å². The van der Waals surface area contributed by atoms with E-state index < -0.39 is 0 Å². The fourth-order valence-electron chi connectivity index (χ4n) is 3.88. The minimum atomic E-state index is -0.160. The Morgan fingerprint density at radius 2 is 1.92 bits per heavy atom. The Balaban J connectivity index is 1.81. The Morgan fingerprint density at radius 1 is 1.16 bits per heavy atom. The van der Waals surface area contributed by atoms with Crippen LogP contribution in [0.5, 0.6) is 5.75 Å². The molecule has 0 unspecified atom stereocenters. The molecule has 1 saturated carbocycles. The van der Waals surface area contributed by atoms with Gasteiger partial charge in [0.05, 0.1) is 0 Å². The number of para-hydroxylation sites is 1. The van der Waals surface area contributed by atoms with Crippen molar-refractivity contribution in [3.63, 3.8) is 0 Å². The van der Waals surface area contributed by atoms with Crippen LogP contribution in [-0.4, -0.2) is 8.59 Å². The van der Waals surface area contributed by atoms with Gasteiger partial charge >= 0.3 is 161 Å². The number of hydrogen-bond donors (Lipinski definition) is 0. The van der Waals surface area contributed by atoms with Gasteiger partial charge in [-0.1, -0.05) is 0 Å². The Bertz CT molecular complexity index is 819. The molecule has 0 saturated heterocycles. The maximum absolute atomic E-state index is 6.63. The molecule has 4 rings (SSSR count). The summed E-state index contributed by atoms with van der Waals surface area (Å²) in [6.45, 7) is 6.59. The minimum absolute atomic E-state index is 0.108. The number of halogens is 1. The van der Waals surface area contributed by atoms with Crippen molar-refractivity contribution < 1.29 is 25.9 Å². The van der Waals surface area contributed by atoms with Gasteiger partial charge in [0.1, 0.15) is 0 Å². The number of hydrogen-bond acceptors (Lipinski definition) is 2. The first-order chi connectivity index (χ1) is 12.1. The summed E-state index contributed by atoms with van der Waals surface area (Å²) in [5.74, 6) is 1.51. The van der Waals surface area contributed by atoms with Gasteiger partial charge in [-0.25, -0.2) is 0 Å². The van der Waals surface area contributed by atoms with Crippen LogP contribution in [0.4, 0.5) is 0 Å². The van der Waals surface area contributed by atoms with Gasteiger partial charge in [-0.3, -0.25) is 0 Å². The monoisotopic (exact) mass is 446 g/mol. The third-order valence-electron chi connectivity index (χ3n) is 5.16. The molecule has 25 heavy (non-hydrogen) atoms. The van der Waals surface area contributed by atoms with Gasteiger partial charge in [0, 0.05) is 0 Å². The molecule has 132 valence electrons. The van der Waals surface area contributed by atoms with Crippen molar-refractivity contribution in [3.8, 4) is 5.75 Å². The van der Waals surface area contributed by atoms with Crippen molar-refractivity contribution in [3.05, 3.63) is 63.0 Å². The van der Waals surface area contributed by atoms with Crippen molar-refractivity contribution in [2.45, 2.75) is 56.0 Å². The first-order valence-corrected chi connectivity index (χ1v) is 11.5. The van der Waals surface area contributed by atoms with Crippen molar-refractivity contribution in [2.24, 2.45) is 0 Å². The molecular formula is C22H25INO-. The van der Waals surface area contributed by atoms with E-state index in [1.54, 1.807) is 0 Å². The van der Waals surface area contributed by atoms with Gasteiger partial charge in [-0.2, -0.15) is 0 Å². The topological polar surface area (TPSA) is 22.1 Å². The molecule has 0 radical (unpaired) electrons. The standard InChI is InChI=1S/C22H25INO/c1-15(2)21-16(3)12-17(14-24-21)19-13-23-22(10-6-7-11-22)25-20-9-5-4-8-18(19)20/h4-5,8-9,12-15H,6-7,10-11H2,1-3H3/q-1. The van der Waals surface area contributed by atoms with Crippen LogP contribution in [0.25, 0.3) is 5.57 Å². The molecule has 0 atom stereocenters. The summed E-state index contributed by atoms with van der Waals surface area (Å²) in [6.07, 6.45) is 7.08. The Labute approximate surface area is 161 Å². The predicted molar refractivity (Wildman–Crippen MR) is 98.4 cm³/mol. The zero-order valence-corrected chi connectivity index (χ0v) is 17.3. The van der Waals surface area contributed by atoms with E-state index in [0.29, 0.717) is 5.92 Å². The molecule has 1 fully saturated rings. The zero-order valence-electron chi connectivity index (χ0n) is 15.2. The molecule has 2 aliphatic rings. The van der Waals surface area contributed by atoms with Crippen molar-refractivity contribution in [2.75, 3.05) is 0 Å². The summed E-state index contributed by atoms with van der Waals surface area (Å²) < 4.78 is 9.24. The summed E-state index contributed by atoms with van der Waals surface area (Å²) in [5, 5.41) is 0. The first kappa shape index (κ1) is 17.1. The van der Waals surface area contributed by atoms with Crippen molar-refractivity contribution in [1.82, 2.24) is 4.98 Å². The van der Waals surface area contributed by atoms with E-state index in [0.717, 1.165) is 5.75 Å². The van der Waals surface area contributed by atoms with E-state index in [2.05, 4.69) is 61.4 Å². The zero-order chi connectivity index (χ0) is 17.4. The predicted octanol–water partition coefficient (Wildman–Crippen LogP) is 2.65. The molecule has 2 heterocycles. The second kappa shape index (κ2) is 6.75. The van der Waals surface area contributed by atoms with Gasteiger partial charge in [0.15, 0.2) is 0 Å². The number of aromatic nitrogens is 1. The van der Waals surface area contributed by atoms with Gasteiger partial charge in [0.2, 0.25) is 0 Å². The fourth-order valence-corrected chi connectivity index (χ4v) is 7.20. The fraction of sp³-hybridized carbons (Fsp3) is 0.409. The van der Waals surface area contributed by atoms with Gasteiger partial charge in [-0.15, -0.1) is 0 Å². The summed E-state index contributed by atoms with van der Waals surface area (Å²) in [4.78, 5) is 4.78. The molecule has 3 heteroatoms. The number of nitrogens with zero attached hydrogens (tertiary/aromatic N) is 1. The number of aryl methyl sites for hydroxylation is 1. The van der Waals surface area contributed by atoms with Crippen LogP contribution >= 0.6 is 0 Å². The first-order valence-electron chi connectivity index (χ1n) is 9.18. The molecule has 0 bridgehead atoms. The average molecular weight is 446 g/mol. The number of benzene rings is 1. The summed E-state index contributed by atoms with van der Waals surface area (Å²) >= 11 is -0.160. The molecule has 0 N–H and O–H groups in total. The van der Waals surface area contributed by atoms with Crippen LogP contribution in [0.3, 0.4) is 0 Å². The number of pyridine rings is 1. The van der Waals surface area contributed by atoms with E-state index in [4.69, 9.17) is 9.72 Å². The quantitative estimate of drug-likeness (QED) is 0.523. The normalized spacial score (nSPS) is 19.0. The molecule has 1 spiro atoms. The van der Waals surface area contributed by atoms with E-state index in [1.807, 2.05) is 0 Å². The summed E-state index contributed by atoms with van der Waals surface area (Å²) in [6, 6.07) is 10.9. The third kappa shape index (κ3) is 3.23. The molecule has 1 aliphatic heterocycles. The Morgan fingerprint density at radius 3 is 2.64 bits per heavy atom. The number of rotatable bonds is 2. The number of fused-ring (bicyclic) bond motifs is 1. The summed E-state index contributed by atoms with van der Waals surface area (Å²) in [7, 11) is 0. The van der Waals surface area contributed by atoms with E-state index >= 15 is 0 Å². The van der Waals surface area contributed by atoms with Gasteiger partial charge in [0.25, 0.3) is 0 Å². The van der Waals surface area contributed by atoms with Crippen LogP contribution < -0.4 is 25.9 Å². The number of ether oxygens (including phenoxy) is 1. The summed E-state index contributed by atoms with van der Waals surface area (Å²) in [5.41, 5.74) is 6.25. The van der Waals surface area contributed by atoms with Crippen molar-refractivity contribution in [1.29, 1.82) is 0 Å². The van der Waals surface area contributed by atoms with Crippen LogP contribution in [0.15, 0.2) is 40.6 Å². The van der Waals surface area contributed by atoms with Gasteiger partial charge in [-0.05, 0) is 0 Å². The number of alkyl halides is 1. The Hall–Kier alpha value is -1.36. The average Bonchev–Trinajstić information content (AvgIpc) is 2.97. The molecule has 1 aromatic carbocycles. The maximum atomic E-state index is 6.63. The van der Waals surface area contributed by atoms with Crippen LogP contribution in [0.1, 0.15) is 67.8 Å². The van der Waals surface area contributed by atoms with Gasteiger partial charge < -0.3 is 0 Å². The third-order valence-corrected chi connectivity index (χ3v) is 8.53. The molecular weight excluding hydrogens is 421 g/mol. The molecule has 1 aromatic heterocycles. The van der Waals surface area contributed by atoms with Crippen LogP contribution in [0.2, 0.25) is 0 Å². The second-order valence-electron chi connectivity index (χ2n) is 7.40. The van der Waals surface area contributed by atoms with E-state index in [9.17, 15) is 0 Å². The van der Waals surface area contributed by atoms with Crippen molar-refractivity contribution >= 4 is 5.57 Å². The second-order valence-corrected chi connectivity index (χ2v) is 10.6.